The molecule has 2 fully saturated rings. The Morgan fingerprint density at radius 2 is 2.09 bits per heavy atom. The van der Waals surface area contributed by atoms with Crippen molar-refractivity contribution in [2.75, 3.05) is 26.7 Å². The zero-order valence-corrected chi connectivity index (χ0v) is 13.6. The number of nitrogens with one attached hydrogen (secondary N) is 1. The van der Waals surface area contributed by atoms with E-state index >= 15 is 0 Å². The lowest BCUT2D eigenvalue weighted by Gasteiger charge is -2.33. The van der Waals surface area contributed by atoms with E-state index in [-0.39, 0.29) is 23.9 Å². The van der Waals surface area contributed by atoms with Crippen LogP contribution in [0.3, 0.4) is 0 Å². The minimum atomic E-state index is -0.119. The summed E-state index contributed by atoms with van der Waals surface area (Å²) < 4.78 is 19.0. The van der Waals surface area contributed by atoms with Gasteiger partial charge in [0.25, 0.3) is 0 Å². The van der Waals surface area contributed by atoms with Gasteiger partial charge in [-0.2, -0.15) is 0 Å². The van der Waals surface area contributed by atoms with Gasteiger partial charge in [0, 0.05) is 26.7 Å². The van der Waals surface area contributed by atoms with E-state index in [1.807, 2.05) is 17.0 Å². The number of ether oxygens (including phenoxy) is 1. The van der Waals surface area contributed by atoms with E-state index in [0.717, 1.165) is 50.9 Å². The zero-order valence-electron chi connectivity index (χ0n) is 13.6. The fourth-order valence-electron chi connectivity index (χ4n) is 3.62. The molecule has 2 aliphatic heterocycles. The molecule has 126 valence electrons. The van der Waals surface area contributed by atoms with Gasteiger partial charge in [-0.05, 0) is 43.2 Å². The third-order valence-corrected chi connectivity index (χ3v) is 5.11. The third kappa shape index (κ3) is 3.90. The van der Waals surface area contributed by atoms with Crippen molar-refractivity contribution in [2.45, 2.75) is 37.8 Å². The first kappa shape index (κ1) is 16.4. The molecule has 0 aliphatic carbocycles. The maximum absolute atomic E-state index is 13.7. The van der Waals surface area contributed by atoms with Crippen LogP contribution in [0, 0.1) is 11.7 Å². The molecular weight excluding hydrogens is 295 g/mol. The highest BCUT2D eigenvalue weighted by Crippen LogP contribution is 2.24. The number of carbonyl (C=O) groups is 1. The van der Waals surface area contributed by atoms with Crippen molar-refractivity contribution in [1.29, 1.82) is 0 Å². The number of rotatable bonds is 4. The second-order valence-electron chi connectivity index (χ2n) is 6.62. The van der Waals surface area contributed by atoms with Gasteiger partial charge in [-0.15, -0.1) is 0 Å². The van der Waals surface area contributed by atoms with Gasteiger partial charge in [-0.25, -0.2) is 4.39 Å². The Morgan fingerprint density at radius 1 is 1.35 bits per heavy atom. The first-order valence-electron chi connectivity index (χ1n) is 8.45. The summed E-state index contributed by atoms with van der Waals surface area (Å²) in [5.74, 6) is 0.528. The van der Waals surface area contributed by atoms with Crippen LogP contribution < -0.4 is 5.32 Å². The van der Waals surface area contributed by atoms with Gasteiger partial charge in [0.05, 0.1) is 12.1 Å². The highest BCUT2D eigenvalue weighted by atomic mass is 19.1. The molecule has 0 bridgehead atoms. The molecule has 0 unspecified atom stereocenters. The van der Waals surface area contributed by atoms with Crippen LogP contribution >= 0.6 is 0 Å². The number of halogens is 1. The second-order valence-corrected chi connectivity index (χ2v) is 6.62. The molecule has 2 saturated heterocycles. The van der Waals surface area contributed by atoms with Crippen molar-refractivity contribution in [3.8, 4) is 0 Å². The summed E-state index contributed by atoms with van der Waals surface area (Å²) in [5.41, 5.74) is 0.790. The van der Waals surface area contributed by atoms with E-state index in [1.165, 1.54) is 6.07 Å². The van der Waals surface area contributed by atoms with Crippen molar-refractivity contribution >= 4 is 5.91 Å². The van der Waals surface area contributed by atoms with Crippen molar-refractivity contribution in [2.24, 2.45) is 5.92 Å². The lowest BCUT2D eigenvalue weighted by molar-refractivity contribution is -0.134. The molecular formula is C18H25FN2O2. The van der Waals surface area contributed by atoms with Crippen LogP contribution in [0.1, 0.15) is 24.8 Å². The zero-order chi connectivity index (χ0) is 16.2. The fraction of sp³-hybridized carbons (Fsp3) is 0.611. The minimum absolute atomic E-state index is 0.108. The van der Waals surface area contributed by atoms with Crippen LogP contribution in [-0.4, -0.2) is 49.7 Å². The highest BCUT2D eigenvalue weighted by molar-refractivity contribution is 5.82. The molecule has 4 nitrogen and oxygen atoms in total. The first-order chi connectivity index (χ1) is 11.2. The van der Waals surface area contributed by atoms with E-state index in [0.29, 0.717) is 5.92 Å². The van der Waals surface area contributed by atoms with E-state index in [9.17, 15) is 9.18 Å². The molecule has 0 spiro atoms. The van der Waals surface area contributed by atoms with Gasteiger partial charge in [-0.1, -0.05) is 18.2 Å². The SMILES string of the molecule is CO[C@@H]1CN[C@H](C(=O)N2CCC(Cc3ccccc3F)CC2)C1. The third-order valence-electron chi connectivity index (χ3n) is 5.11. The molecule has 0 saturated carbocycles. The maximum atomic E-state index is 13.7. The summed E-state index contributed by atoms with van der Waals surface area (Å²) in [6.45, 7) is 2.29. The molecule has 1 amide bonds. The molecule has 5 heteroatoms. The van der Waals surface area contributed by atoms with E-state index in [4.69, 9.17) is 4.74 Å². The lowest BCUT2D eigenvalue weighted by atomic mass is 9.89. The van der Waals surface area contributed by atoms with Crippen LogP contribution in [0.5, 0.6) is 0 Å². The summed E-state index contributed by atoms with van der Waals surface area (Å²) in [4.78, 5) is 14.5. The Morgan fingerprint density at radius 3 is 2.74 bits per heavy atom. The van der Waals surface area contributed by atoms with E-state index in [1.54, 1.807) is 13.2 Å². The Labute approximate surface area is 137 Å². The number of benzene rings is 1. The van der Waals surface area contributed by atoms with Crippen LogP contribution in [0.25, 0.3) is 0 Å². The smallest absolute Gasteiger partial charge is 0.239 e. The summed E-state index contributed by atoms with van der Waals surface area (Å²) in [6, 6.07) is 6.88. The molecule has 1 aromatic carbocycles. The topological polar surface area (TPSA) is 41.6 Å². The highest BCUT2D eigenvalue weighted by Gasteiger charge is 2.33. The molecule has 3 rings (SSSR count). The van der Waals surface area contributed by atoms with Crippen LogP contribution in [0.4, 0.5) is 4.39 Å². The van der Waals surface area contributed by atoms with Gasteiger partial charge in [-0.3, -0.25) is 4.79 Å². The Kier molecular flexibility index (Phi) is 5.28. The number of likely N-dealkylation sites (tertiary alicyclic amines) is 1. The largest absolute Gasteiger partial charge is 0.380 e. The molecule has 2 aliphatic rings. The average molecular weight is 320 g/mol. The molecule has 2 heterocycles. The molecule has 2 atom stereocenters. The summed E-state index contributed by atoms with van der Waals surface area (Å²) in [5, 5.41) is 3.25. The molecule has 1 aromatic rings. The predicted molar refractivity (Wildman–Crippen MR) is 86.6 cm³/mol. The van der Waals surface area contributed by atoms with E-state index in [2.05, 4.69) is 5.32 Å². The normalized spacial score (nSPS) is 25.7. The fourth-order valence-corrected chi connectivity index (χ4v) is 3.62. The van der Waals surface area contributed by atoms with Gasteiger partial charge in [0.1, 0.15) is 5.82 Å². The number of methoxy groups -OCH3 is 1. The van der Waals surface area contributed by atoms with Crippen molar-refractivity contribution in [1.82, 2.24) is 10.2 Å². The first-order valence-corrected chi connectivity index (χ1v) is 8.45. The Hall–Kier alpha value is -1.46. The molecule has 0 aromatic heterocycles. The van der Waals surface area contributed by atoms with E-state index < -0.39 is 0 Å². The van der Waals surface area contributed by atoms with Gasteiger partial charge >= 0.3 is 0 Å². The quantitative estimate of drug-likeness (QED) is 0.922. The van der Waals surface area contributed by atoms with Crippen molar-refractivity contribution < 1.29 is 13.9 Å². The number of hydrogen-bond acceptors (Lipinski definition) is 3. The summed E-state index contributed by atoms with van der Waals surface area (Å²) in [6.07, 6.45) is 3.55. The molecule has 23 heavy (non-hydrogen) atoms. The van der Waals surface area contributed by atoms with Crippen LogP contribution in [-0.2, 0) is 16.0 Å². The summed E-state index contributed by atoms with van der Waals surface area (Å²) in [7, 11) is 1.69. The van der Waals surface area contributed by atoms with Gasteiger partial charge < -0.3 is 15.0 Å². The number of carbonyl (C=O) groups excluding carboxylic acids is 1. The summed E-state index contributed by atoms with van der Waals surface area (Å²) >= 11 is 0. The van der Waals surface area contributed by atoms with Crippen molar-refractivity contribution in [3.05, 3.63) is 35.6 Å². The Bertz CT molecular complexity index is 544. The molecule has 1 N–H and O–H groups in total. The monoisotopic (exact) mass is 320 g/mol. The van der Waals surface area contributed by atoms with Gasteiger partial charge in [0.2, 0.25) is 5.91 Å². The van der Waals surface area contributed by atoms with Crippen molar-refractivity contribution in [3.63, 3.8) is 0 Å². The Balaban J connectivity index is 1.49. The minimum Gasteiger partial charge on any atom is -0.380 e. The lowest BCUT2D eigenvalue weighted by Crippen LogP contribution is -2.47. The molecule has 0 radical (unpaired) electrons. The van der Waals surface area contributed by atoms with Crippen LogP contribution in [0.15, 0.2) is 24.3 Å². The maximum Gasteiger partial charge on any atom is 0.239 e. The number of amides is 1. The van der Waals surface area contributed by atoms with Gasteiger partial charge in [0.15, 0.2) is 0 Å². The second kappa shape index (κ2) is 7.41. The average Bonchev–Trinajstić information content (AvgIpc) is 3.06. The predicted octanol–water partition coefficient (Wildman–Crippen LogP) is 1.98. The number of piperidine rings is 1. The van der Waals surface area contributed by atoms with Crippen LogP contribution in [0.2, 0.25) is 0 Å². The standard InChI is InChI=1S/C18H25FN2O2/c1-23-15-11-17(20-12-15)18(22)21-8-6-13(7-9-21)10-14-4-2-3-5-16(14)19/h2-5,13,15,17,20H,6-12H2,1H3/t15-,17-/m0/s1. The number of hydrogen-bond donors (Lipinski definition) is 1. The number of nitrogens with zero attached hydrogens (tertiary/aromatic N) is 1.